The number of benzene rings is 1. The molecule has 1 aromatic carbocycles. The van der Waals surface area contributed by atoms with Gasteiger partial charge in [-0.05, 0) is 25.3 Å². The lowest BCUT2D eigenvalue weighted by Gasteiger charge is -2.36. The minimum atomic E-state index is -0.402. The summed E-state index contributed by atoms with van der Waals surface area (Å²) in [6.45, 7) is 5.73. The Labute approximate surface area is 146 Å². The highest BCUT2D eigenvalue weighted by molar-refractivity contribution is 6.33. The Morgan fingerprint density at radius 1 is 1.46 bits per heavy atom. The number of piperidine rings is 1. The SMILES string of the molecule is CCc1nccn1C1CCCN(c2c(C)cc([N+](=O)[O-])cc2Cl)C1. The van der Waals surface area contributed by atoms with Gasteiger partial charge in [0.25, 0.3) is 5.69 Å². The number of hydrogen-bond donors (Lipinski definition) is 0. The zero-order valence-corrected chi connectivity index (χ0v) is 14.7. The Morgan fingerprint density at radius 2 is 2.25 bits per heavy atom. The van der Waals surface area contributed by atoms with E-state index in [4.69, 9.17) is 11.6 Å². The van der Waals surface area contributed by atoms with Crippen molar-refractivity contribution in [2.75, 3.05) is 18.0 Å². The summed E-state index contributed by atoms with van der Waals surface area (Å²) in [7, 11) is 0. The van der Waals surface area contributed by atoms with Gasteiger partial charge >= 0.3 is 0 Å². The van der Waals surface area contributed by atoms with Crippen molar-refractivity contribution in [1.82, 2.24) is 9.55 Å². The maximum Gasteiger partial charge on any atom is 0.271 e. The van der Waals surface area contributed by atoms with E-state index in [1.54, 1.807) is 6.07 Å². The zero-order chi connectivity index (χ0) is 17.3. The van der Waals surface area contributed by atoms with Crippen LogP contribution >= 0.6 is 11.6 Å². The zero-order valence-electron chi connectivity index (χ0n) is 13.9. The largest absolute Gasteiger partial charge is 0.368 e. The summed E-state index contributed by atoms with van der Waals surface area (Å²) in [5.41, 5.74) is 1.79. The number of anilines is 1. The lowest BCUT2D eigenvalue weighted by Crippen LogP contribution is -2.37. The first kappa shape index (κ1) is 16.8. The number of aromatic nitrogens is 2. The van der Waals surface area contributed by atoms with Crippen LogP contribution in [0.5, 0.6) is 0 Å². The van der Waals surface area contributed by atoms with Crippen molar-refractivity contribution in [1.29, 1.82) is 0 Å². The Kier molecular flexibility index (Phi) is 4.76. The summed E-state index contributed by atoms with van der Waals surface area (Å²) in [6, 6.07) is 3.39. The summed E-state index contributed by atoms with van der Waals surface area (Å²) < 4.78 is 2.25. The van der Waals surface area contributed by atoms with Gasteiger partial charge in [0, 0.05) is 44.0 Å². The van der Waals surface area contributed by atoms with Crippen LogP contribution in [0, 0.1) is 17.0 Å². The van der Waals surface area contributed by atoms with Crippen LogP contribution in [0.25, 0.3) is 0 Å². The predicted molar refractivity (Wildman–Crippen MR) is 94.9 cm³/mol. The normalized spacial score (nSPS) is 18.0. The van der Waals surface area contributed by atoms with E-state index in [0.29, 0.717) is 11.1 Å². The number of nitrogens with zero attached hydrogens (tertiary/aromatic N) is 4. The third kappa shape index (κ3) is 3.11. The van der Waals surface area contributed by atoms with Gasteiger partial charge in [-0.3, -0.25) is 10.1 Å². The van der Waals surface area contributed by atoms with Crippen molar-refractivity contribution in [2.45, 2.75) is 39.2 Å². The van der Waals surface area contributed by atoms with Crippen molar-refractivity contribution in [3.05, 3.63) is 51.1 Å². The van der Waals surface area contributed by atoms with Crippen LogP contribution < -0.4 is 4.90 Å². The van der Waals surface area contributed by atoms with E-state index < -0.39 is 4.92 Å². The molecule has 128 valence electrons. The van der Waals surface area contributed by atoms with Crippen molar-refractivity contribution in [2.24, 2.45) is 0 Å². The van der Waals surface area contributed by atoms with E-state index in [2.05, 4.69) is 21.4 Å². The third-order valence-corrected chi connectivity index (χ3v) is 4.91. The Bertz CT molecular complexity index is 736. The molecule has 1 unspecified atom stereocenters. The van der Waals surface area contributed by atoms with Crippen LogP contribution in [-0.2, 0) is 6.42 Å². The molecule has 24 heavy (non-hydrogen) atoms. The monoisotopic (exact) mass is 348 g/mol. The Hall–Kier alpha value is -2.08. The van der Waals surface area contributed by atoms with Gasteiger partial charge in [0.05, 0.1) is 21.7 Å². The highest BCUT2D eigenvalue weighted by Crippen LogP contribution is 2.37. The van der Waals surface area contributed by atoms with Crippen molar-refractivity contribution in [3.8, 4) is 0 Å². The molecule has 0 spiro atoms. The first-order chi connectivity index (χ1) is 11.5. The van der Waals surface area contributed by atoms with Crippen LogP contribution in [0.15, 0.2) is 24.5 Å². The fourth-order valence-corrected chi connectivity index (χ4v) is 3.94. The lowest BCUT2D eigenvalue weighted by atomic mass is 10.0. The third-order valence-electron chi connectivity index (χ3n) is 4.62. The second-order valence-electron chi connectivity index (χ2n) is 6.20. The number of halogens is 1. The molecule has 0 bridgehead atoms. The quantitative estimate of drug-likeness (QED) is 0.614. The summed E-state index contributed by atoms with van der Waals surface area (Å²) in [4.78, 5) is 17.3. The molecular weight excluding hydrogens is 328 g/mol. The summed E-state index contributed by atoms with van der Waals surface area (Å²) >= 11 is 6.38. The van der Waals surface area contributed by atoms with E-state index in [-0.39, 0.29) is 5.69 Å². The molecule has 2 aromatic rings. The lowest BCUT2D eigenvalue weighted by molar-refractivity contribution is -0.384. The maximum atomic E-state index is 11.0. The average Bonchev–Trinajstić information content (AvgIpc) is 3.03. The van der Waals surface area contributed by atoms with Gasteiger partial charge in [-0.15, -0.1) is 0 Å². The van der Waals surface area contributed by atoms with Crippen LogP contribution in [0.4, 0.5) is 11.4 Å². The van der Waals surface area contributed by atoms with Gasteiger partial charge in [-0.25, -0.2) is 4.98 Å². The van der Waals surface area contributed by atoms with Gasteiger partial charge < -0.3 is 9.47 Å². The molecule has 6 nitrogen and oxygen atoms in total. The molecule has 3 rings (SSSR count). The van der Waals surface area contributed by atoms with Crippen molar-refractivity contribution >= 4 is 23.0 Å². The highest BCUT2D eigenvalue weighted by atomic mass is 35.5. The van der Waals surface area contributed by atoms with Gasteiger partial charge in [-0.2, -0.15) is 0 Å². The molecule has 0 N–H and O–H groups in total. The Morgan fingerprint density at radius 3 is 2.92 bits per heavy atom. The fourth-order valence-electron chi connectivity index (χ4n) is 3.56. The predicted octanol–water partition coefficient (Wildman–Crippen LogP) is 4.16. The minimum absolute atomic E-state index is 0.0395. The number of aryl methyl sites for hydroxylation is 2. The molecule has 0 aliphatic carbocycles. The molecule has 1 aromatic heterocycles. The van der Waals surface area contributed by atoms with Gasteiger partial charge in [0.15, 0.2) is 0 Å². The summed E-state index contributed by atoms with van der Waals surface area (Å²) in [6.07, 6.45) is 6.95. The number of rotatable bonds is 4. The second kappa shape index (κ2) is 6.81. The van der Waals surface area contributed by atoms with Crippen LogP contribution in [0.1, 0.15) is 37.2 Å². The Balaban J connectivity index is 1.89. The van der Waals surface area contributed by atoms with E-state index >= 15 is 0 Å². The number of hydrogen-bond acceptors (Lipinski definition) is 4. The van der Waals surface area contributed by atoms with E-state index in [1.807, 2.05) is 19.3 Å². The molecular formula is C17H21ClN4O2. The van der Waals surface area contributed by atoms with Crippen LogP contribution in [0.3, 0.4) is 0 Å². The molecule has 7 heteroatoms. The molecule has 0 amide bonds. The molecule has 1 saturated heterocycles. The van der Waals surface area contributed by atoms with E-state index in [1.165, 1.54) is 6.07 Å². The topological polar surface area (TPSA) is 64.2 Å². The first-order valence-electron chi connectivity index (χ1n) is 8.22. The maximum absolute atomic E-state index is 11.0. The fraction of sp³-hybridized carbons (Fsp3) is 0.471. The standard InChI is InChI=1S/C17H21ClN4O2/c1-3-16-19-6-8-21(16)13-5-4-7-20(11-13)17-12(2)9-14(22(23)24)10-15(17)18/h6,8-10,13H,3-5,7,11H2,1-2H3. The van der Waals surface area contributed by atoms with Crippen molar-refractivity contribution in [3.63, 3.8) is 0 Å². The van der Waals surface area contributed by atoms with Crippen molar-refractivity contribution < 1.29 is 4.92 Å². The average molecular weight is 349 g/mol. The number of imidazole rings is 1. The van der Waals surface area contributed by atoms with E-state index in [0.717, 1.165) is 49.4 Å². The second-order valence-corrected chi connectivity index (χ2v) is 6.60. The summed E-state index contributed by atoms with van der Waals surface area (Å²) in [5, 5.41) is 11.4. The molecule has 2 heterocycles. The first-order valence-corrected chi connectivity index (χ1v) is 8.60. The van der Waals surface area contributed by atoms with Crippen LogP contribution in [0.2, 0.25) is 5.02 Å². The smallest absolute Gasteiger partial charge is 0.271 e. The van der Waals surface area contributed by atoms with E-state index in [9.17, 15) is 10.1 Å². The molecule has 1 atom stereocenters. The highest BCUT2D eigenvalue weighted by Gasteiger charge is 2.26. The summed E-state index contributed by atoms with van der Waals surface area (Å²) in [5.74, 6) is 1.09. The van der Waals surface area contributed by atoms with Gasteiger partial charge in [-0.1, -0.05) is 18.5 Å². The molecule has 1 fully saturated rings. The van der Waals surface area contributed by atoms with Gasteiger partial charge in [0.2, 0.25) is 0 Å². The number of non-ortho nitro benzene ring substituents is 1. The minimum Gasteiger partial charge on any atom is -0.368 e. The molecule has 0 radical (unpaired) electrons. The molecule has 1 aliphatic heterocycles. The van der Waals surface area contributed by atoms with Crippen LogP contribution in [-0.4, -0.2) is 27.6 Å². The number of nitro groups is 1. The molecule has 0 saturated carbocycles. The van der Waals surface area contributed by atoms with Gasteiger partial charge in [0.1, 0.15) is 5.82 Å². The molecule has 1 aliphatic rings. The number of nitro benzene ring substituents is 1.